The van der Waals surface area contributed by atoms with Crippen LogP contribution in [-0.4, -0.2) is 22.9 Å². The maximum atomic E-state index is 12.3. The molecular weight excluding hydrogens is 336 g/mol. The first-order chi connectivity index (χ1) is 12.4. The van der Waals surface area contributed by atoms with Crippen LogP contribution in [0.3, 0.4) is 0 Å². The zero-order chi connectivity index (χ0) is 19.1. The summed E-state index contributed by atoms with van der Waals surface area (Å²) in [7, 11) is 0. The van der Waals surface area contributed by atoms with Crippen molar-refractivity contribution in [1.82, 2.24) is 5.32 Å². The van der Waals surface area contributed by atoms with Crippen LogP contribution in [0.15, 0.2) is 60.3 Å². The summed E-state index contributed by atoms with van der Waals surface area (Å²) in [5.74, 6) is -1.15. The molecule has 2 aromatic rings. The number of hydrogen-bond donors (Lipinski definition) is 1. The van der Waals surface area contributed by atoms with E-state index in [1.165, 1.54) is 30.3 Å². The van der Waals surface area contributed by atoms with Gasteiger partial charge in [0.2, 0.25) is 0 Å². The number of ether oxygens (including phenoxy) is 1. The smallest absolute Gasteiger partial charge is 0.355 e. The Morgan fingerprint density at radius 2 is 1.69 bits per heavy atom. The predicted molar refractivity (Wildman–Crippen MR) is 96.2 cm³/mol. The van der Waals surface area contributed by atoms with Gasteiger partial charge in [0.15, 0.2) is 0 Å². The third-order valence-electron chi connectivity index (χ3n) is 3.26. The van der Waals surface area contributed by atoms with Gasteiger partial charge < -0.3 is 10.1 Å². The summed E-state index contributed by atoms with van der Waals surface area (Å²) in [5.41, 5.74) is 0.780. The van der Waals surface area contributed by atoms with Crippen molar-refractivity contribution in [3.63, 3.8) is 0 Å². The van der Waals surface area contributed by atoms with Crippen LogP contribution < -0.4 is 5.32 Å². The Bertz CT molecular complexity index is 827. The van der Waals surface area contributed by atoms with Crippen molar-refractivity contribution in [3.05, 3.63) is 81.5 Å². The Balaban J connectivity index is 2.29. The average Bonchev–Trinajstić information content (AvgIpc) is 2.61. The molecule has 2 rings (SSSR count). The molecule has 7 nitrogen and oxygen atoms in total. The Labute approximate surface area is 150 Å². The molecule has 0 radical (unpaired) electrons. The van der Waals surface area contributed by atoms with Gasteiger partial charge in [0, 0.05) is 17.7 Å². The summed E-state index contributed by atoms with van der Waals surface area (Å²) in [5, 5.41) is 13.3. The number of nitro groups is 1. The maximum Gasteiger partial charge on any atom is 0.355 e. The van der Waals surface area contributed by atoms with E-state index in [1.54, 1.807) is 44.2 Å². The predicted octanol–water partition coefficient (Wildman–Crippen LogP) is 3.32. The largest absolute Gasteiger partial charge is 0.458 e. The number of nitrogens with one attached hydrogen (secondary N) is 1. The molecule has 0 spiro atoms. The number of benzene rings is 2. The second-order valence-electron chi connectivity index (χ2n) is 5.68. The second-order valence-corrected chi connectivity index (χ2v) is 5.68. The van der Waals surface area contributed by atoms with Crippen molar-refractivity contribution in [1.29, 1.82) is 0 Å². The Hall–Kier alpha value is -3.48. The summed E-state index contributed by atoms with van der Waals surface area (Å²) in [4.78, 5) is 34.8. The highest BCUT2D eigenvalue weighted by atomic mass is 16.6. The zero-order valence-electron chi connectivity index (χ0n) is 14.3. The number of esters is 1. The monoisotopic (exact) mass is 354 g/mol. The van der Waals surface area contributed by atoms with Gasteiger partial charge in [-0.3, -0.25) is 14.9 Å². The molecule has 1 N–H and O–H groups in total. The van der Waals surface area contributed by atoms with Crippen LogP contribution in [0.2, 0.25) is 0 Å². The molecule has 7 heteroatoms. The number of hydrogen-bond acceptors (Lipinski definition) is 5. The van der Waals surface area contributed by atoms with Gasteiger partial charge in [-0.15, -0.1) is 0 Å². The van der Waals surface area contributed by atoms with Crippen LogP contribution in [0.5, 0.6) is 0 Å². The lowest BCUT2D eigenvalue weighted by Gasteiger charge is -2.12. The van der Waals surface area contributed by atoms with Gasteiger partial charge in [-0.25, -0.2) is 4.79 Å². The lowest BCUT2D eigenvalue weighted by Crippen LogP contribution is -2.29. The number of carbonyl (C=O) groups is 2. The minimum Gasteiger partial charge on any atom is -0.458 e. The van der Waals surface area contributed by atoms with Crippen molar-refractivity contribution in [2.24, 2.45) is 0 Å². The molecule has 0 aliphatic heterocycles. The van der Waals surface area contributed by atoms with Crippen molar-refractivity contribution in [2.75, 3.05) is 0 Å². The van der Waals surface area contributed by atoms with Gasteiger partial charge in [-0.2, -0.15) is 0 Å². The summed E-state index contributed by atoms with van der Waals surface area (Å²) in [6.45, 7) is 3.39. The van der Waals surface area contributed by atoms with Gasteiger partial charge in [0.25, 0.3) is 11.6 Å². The first-order valence-corrected chi connectivity index (χ1v) is 7.90. The highest BCUT2D eigenvalue weighted by Gasteiger charge is 2.17. The maximum absolute atomic E-state index is 12.3. The fourth-order valence-electron chi connectivity index (χ4n) is 2.07. The molecular formula is C19H18N2O5. The van der Waals surface area contributed by atoms with Crippen molar-refractivity contribution < 1.29 is 19.2 Å². The van der Waals surface area contributed by atoms with Crippen LogP contribution >= 0.6 is 0 Å². The van der Waals surface area contributed by atoms with Gasteiger partial charge in [-0.05, 0) is 49.8 Å². The quantitative estimate of drug-likeness (QED) is 0.371. The third-order valence-corrected chi connectivity index (χ3v) is 3.26. The molecule has 134 valence electrons. The lowest BCUT2D eigenvalue weighted by atomic mass is 10.1. The van der Waals surface area contributed by atoms with Crippen LogP contribution in [0.1, 0.15) is 29.8 Å². The SMILES string of the molecule is CC(C)OC(=O)/C(=C/c1ccc([N+](=O)[O-])cc1)NC(=O)c1ccccc1. The molecule has 0 unspecified atom stereocenters. The van der Waals surface area contributed by atoms with Crippen molar-refractivity contribution in [3.8, 4) is 0 Å². The van der Waals surface area contributed by atoms with Crippen LogP contribution in [0.4, 0.5) is 5.69 Å². The van der Waals surface area contributed by atoms with E-state index in [0.717, 1.165) is 0 Å². The highest BCUT2D eigenvalue weighted by Crippen LogP contribution is 2.15. The molecule has 0 fully saturated rings. The second kappa shape index (κ2) is 8.57. The van der Waals surface area contributed by atoms with Crippen LogP contribution in [-0.2, 0) is 9.53 Å². The Morgan fingerprint density at radius 3 is 2.23 bits per heavy atom. The first-order valence-electron chi connectivity index (χ1n) is 7.90. The van der Waals surface area contributed by atoms with E-state index < -0.39 is 16.8 Å². The standard InChI is InChI=1S/C19H18N2O5/c1-13(2)26-19(23)17(20-18(22)15-6-4-3-5-7-15)12-14-8-10-16(11-9-14)21(24)25/h3-13H,1-2H3,(H,20,22)/b17-12-. The lowest BCUT2D eigenvalue weighted by molar-refractivity contribution is -0.384. The highest BCUT2D eigenvalue weighted by molar-refractivity contribution is 6.03. The van der Waals surface area contributed by atoms with Gasteiger partial charge in [-0.1, -0.05) is 18.2 Å². The van der Waals surface area contributed by atoms with Crippen LogP contribution in [0, 0.1) is 10.1 Å². The number of carbonyl (C=O) groups excluding carboxylic acids is 2. The van der Waals surface area contributed by atoms with Gasteiger partial charge >= 0.3 is 5.97 Å². The third kappa shape index (κ3) is 5.27. The molecule has 0 bridgehead atoms. The number of nitro benzene ring substituents is 1. The van der Waals surface area contributed by atoms with Crippen LogP contribution in [0.25, 0.3) is 6.08 Å². The van der Waals surface area contributed by atoms with Gasteiger partial charge in [0.05, 0.1) is 11.0 Å². The molecule has 2 aromatic carbocycles. The minimum atomic E-state index is -0.692. The average molecular weight is 354 g/mol. The van der Waals surface area contributed by atoms with E-state index in [4.69, 9.17) is 4.74 Å². The molecule has 0 saturated carbocycles. The molecule has 0 aliphatic carbocycles. The van der Waals surface area contributed by atoms with E-state index in [1.807, 2.05) is 0 Å². The summed E-state index contributed by atoms with van der Waals surface area (Å²) >= 11 is 0. The first kappa shape index (κ1) is 18.9. The molecule has 1 amide bonds. The minimum absolute atomic E-state index is 0.0543. The van der Waals surface area contributed by atoms with E-state index in [0.29, 0.717) is 11.1 Å². The summed E-state index contributed by atoms with van der Waals surface area (Å²) < 4.78 is 5.15. The van der Waals surface area contributed by atoms with Crippen molar-refractivity contribution >= 4 is 23.6 Å². The topological polar surface area (TPSA) is 98.5 Å². The normalized spacial score (nSPS) is 11.1. The molecule has 26 heavy (non-hydrogen) atoms. The fraction of sp³-hybridized carbons (Fsp3) is 0.158. The van der Waals surface area contributed by atoms with Gasteiger partial charge in [0.1, 0.15) is 5.70 Å². The Morgan fingerprint density at radius 1 is 1.08 bits per heavy atom. The molecule has 0 saturated heterocycles. The number of non-ortho nitro benzene ring substituents is 1. The molecule has 0 aromatic heterocycles. The molecule has 0 aliphatic rings. The van der Waals surface area contributed by atoms with E-state index in [2.05, 4.69) is 5.32 Å². The number of amides is 1. The summed E-state index contributed by atoms with van der Waals surface area (Å²) in [6, 6.07) is 14.0. The van der Waals surface area contributed by atoms with E-state index in [9.17, 15) is 19.7 Å². The van der Waals surface area contributed by atoms with E-state index >= 15 is 0 Å². The number of rotatable bonds is 6. The molecule has 0 heterocycles. The summed E-state index contributed by atoms with van der Waals surface area (Å²) in [6.07, 6.45) is 1.05. The van der Waals surface area contributed by atoms with E-state index in [-0.39, 0.29) is 17.5 Å². The molecule has 0 atom stereocenters. The zero-order valence-corrected chi connectivity index (χ0v) is 14.3. The number of nitrogens with zero attached hydrogens (tertiary/aromatic N) is 1. The Kier molecular flexibility index (Phi) is 6.21. The van der Waals surface area contributed by atoms with Crippen molar-refractivity contribution in [2.45, 2.75) is 20.0 Å². The fourth-order valence-corrected chi connectivity index (χ4v) is 2.07.